The highest BCUT2D eigenvalue weighted by atomic mass is 19.4. The minimum Gasteiger partial charge on any atom is -0.508 e. The van der Waals surface area contributed by atoms with Crippen molar-refractivity contribution in [3.8, 4) is 22.7 Å². The maximum absolute atomic E-state index is 12.7. The fourth-order valence-corrected chi connectivity index (χ4v) is 1.98. The minimum absolute atomic E-state index is 0.119. The Hall–Kier alpha value is -2.83. The largest absolute Gasteiger partial charge is 0.508 e. The first-order valence-electron chi connectivity index (χ1n) is 6.33. The molecule has 1 aromatic heterocycles. The standard InChI is InChI=1S/C15H10F3N3O/c16-15(17,18)11-2-1-3-12(8-11)21-9-14(19-20-21)10-4-6-13(22)7-5-10/h1-9,22H. The maximum Gasteiger partial charge on any atom is 0.416 e. The molecule has 3 rings (SSSR count). The molecule has 4 nitrogen and oxygen atoms in total. The number of phenols is 1. The van der Waals surface area contributed by atoms with Crippen LogP contribution in [-0.2, 0) is 6.18 Å². The van der Waals surface area contributed by atoms with Gasteiger partial charge in [-0.15, -0.1) is 5.10 Å². The van der Waals surface area contributed by atoms with Crippen LogP contribution in [0.1, 0.15) is 5.56 Å². The summed E-state index contributed by atoms with van der Waals surface area (Å²) in [5.41, 5.74) is 0.729. The average molecular weight is 305 g/mol. The first-order valence-corrected chi connectivity index (χ1v) is 6.33. The molecule has 2 aromatic carbocycles. The highest BCUT2D eigenvalue weighted by molar-refractivity contribution is 5.59. The fourth-order valence-electron chi connectivity index (χ4n) is 1.98. The second-order valence-corrected chi connectivity index (χ2v) is 4.64. The summed E-state index contributed by atoms with van der Waals surface area (Å²) in [6.07, 6.45) is -2.88. The van der Waals surface area contributed by atoms with Gasteiger partial charge in [0.05, 0.1) is 17.4 Å². The molecule has 0 fully saturated rings. The molecule has 0 atom stereocenters. The van der Waals surface area contributed by atoms with E-state index in [1.807, 2.05) is 0 Å². The van der Waals surface area contributed by atoms with Crippen LogP contribution in [0.2, 0.25) is 0 Å². The Balaban J connectivity index is 1.96. The predicted molar refractivity (Wildman–Crippen MR) is 73.5 cm³/mol. The number of halogens is 3. The Morgan fingerprint density at radius 3 is 2.41 bits per heavy atom. The fraction of sp³-hybridized carbons (Fsp3) is 0.0667. The molecule has 0 aliphatic heterocycles. The van der Waals surface area contributed by atoms with Crippen molar-refractivity contribution in [2.24, 2.45) is 0 Å². The van der Waals surface area contributed by atoms with Gasteiger partial charge in [0.2, 0.25) is 0 Å². The third-order valence-corrected chi connectivity index (χ3v) is 3.09. The number of phenolic OH excluding ortho intramolecular Hbond substituents is 1. The van der Waals surface area contributed by atoms with Gasteiger partial charge in [-0.2, -0.15) is 13.2 Å². The summed E-state index contributed by atoms with van der Waals surface area (Å²) in [4.78, 5) is 0. The minimum atomic E-state index is -4.41. The molecule has 0 unspecified atom stereocenters. The van der Waals surface area contributed by atoms with Crippen molar-refractivity contribution < 1.29 is 18.3 Å². The average Bonchev–Trinajstić information content (AvgIpc) is 2.97. The van der Waals surface area contributed by atoms with Gasteiger partial charge < -0.3 is 5.11 Å². The summed E-state index contributed by atoms with van der Waals surface area (Å²) in [6, 6.07) is 11.1. The third-order valence-electron chi connectivity index (χ3n) is 3.09. The summed E-state index contributed by atoms with van der Waals surface area (Å²) in [5.74, 6) is 0.119. The molecule has 0 aliphatic carbocycles. The van der Waals surface area contributed by atoms with E-state index in [0.29, 0.717) is 11.3 Å². The second-order valence-electron chi connectivity index (χ2n) is 4.64. The van der Waals surface area contributed by atoms with E-state index < -0.39 is 11.7 Å². The normalized spacial score (nSPS) is 11.6. The molecule has 22 heavy (non-hydrogen) atoms. The lowest BCUT2D eigenvalue weighted by Gasteiger charge is -2.08. The lowest BCUT2D eigenvalue weighted by molar-refractivity contribution is -0.137. The highest BCUT2D eigenvalue weighted by Crippen LogP contribution is 2.30. The van der Waals surface area contributed by atoms with Gasteiger partial charge in [0.15, 0.2) is 0 Å². The molecule has 1 heterocycles. The van der Waals surface area contributed by atoms with Crippen LogP contribution in [0.5, 0.6) is 5.75 Å². The summed E-state index contributed by atoms with van der Waals surface area (Å²) in [6.45, 7) is 0. The number of hydrogen-bond donors (Lipinski definition) is 1. The molecule has 0 spiro atoms. The van der Waals surface area contributed by atoms with Crippen molar-refractivity contribution >= 4 is 0 Å². The Morgan fingerprint density at radius 1 is 1.00 bits per heavy atom. The summed E-state index contributed by atoms with van der Waals surface area (Å²) in [7, 11) is 0. The van der Waals surface area contributed by atoms with Crippen LogP contribution in [0.4, 0.5) is 13.2 Å². The molecule has 0 amide bonds. The molecule has 7 heteroatoms. The van der Waals surface area contributed by atoms with Gasteiger partial charge in [0.25, 0.3) is 0 Å². The van der Waals surface area contributed by atoms with Gasteiger partial charge >= 0.3 is 6.18 Å². The zero-order chi connectivity index (χ0) is 15.7. The lowest BCUT2D eigenvalue weighted by atomic mass is 10.1. The van der Waals surface area contributed by atoms with E-state index in [-0.39, 0.29) is 11.4 Å². The lowest BCUT2D eigenvalue weighted by Crippen LogP contribution is -2.06. The highest BCUT2D eigenvalue weighted by Gasteiger charge is 2.30. The first kappa shape index (κ1) is 14.1. The van der Waals surface area contributed by atoms with Crippen LogP contribution in [0.15, 0.2) is 54.7 Å². The maximum atomic E-state index is 12.7. The number of alkyl halides is 3. The molecule has 0 saturated heterocycles. The second kappa shape index (κ2) is 5.18. The van der Waals surface area contributed by atoms with Crippen LogP contribution in [-0.4, -0.2) is 20.1 Å². The van der Waals surface area contributed by atoms with Crippen LogP contribution in [0.3, 0.4) is 0 Å². The molecule has 0 bridgehead atoms. The van der Waals surface area contributed by atoms with Crippen molar-refractivity contribution in [3.05, 3.63) is 60.3 Å². The molecule has 0 aliphatic rings. The van der Waals surface area contributed by atoms with Crippen LogP contribution in [0, 0.1) is 0 Å². The smallest absolute Gasteiger partial charge is 0.416 e. The Labute approximate surface area is 123 Å². The van der Waals surface area contributed by atoms with E-state index in [1.54, 1.807) is 12.1 Å². The summed E-state index contributed by atoms with van der Waals surface area (Å²) in [5, 5.41) is 17.0. The zero-order valence-electron chi connectivity index (χ0n) is 11.1. The van der Waals surface area contributed by atoms with Crippen LogP contribution >= 0.6 is 0 Å². The van der Waals surface area contributed by atoms with Crippen molar-refractivity contribution in [1.82, 2.24) is 15.0 Å². The van der Waals surface area contributed by atoms with Crippen molar-refractivity contribution in [2.75, 3.05) is 0 Å². The van der Waals surface area contributed by atoms with Gasteiger partial charge in [-0.1, -0.05) is 11.3 Å². The molecule has 0 radical (unpaired) electrons. The van der Waals surface area contributed by atoms with Gasteiger partial charge in [-0.25, -0.2) is 4.68 Å². The van der Waals surface area contributed by atoms with Crippen molar-refractivity contribution in [1.29, 1.82) is 0 Å². The molecule has 3 aromatic rings. The van der Waals surface area contributed by atoms with E-state index in [2.05, 4.69) is 10.3 Å². The quantitative estimate of drug-likeness (QED) is 0.786. The van der Waals surface area contributed by atoms with E-state index in [1.165, 1.54) is 35.1 Å². The summed E-state index contributed by atoms with van der Waals surface area (Å²) >= 11 is 0. The molecule has 1 N–H and O–H groups in total. The van der Waals surface area contributed by atoms with Crippen LogP contribution < -0.4 is 0 Å². The van der Waals surface area contributed by atoms with Gasteiger partial charge in [0.1, 0.15) is 11.4 Å². The number of aromatic nitrogens is 3. The predicted octanol–water partition coefficient (Wildman–Crippen LogP) is 3.66. The molecule has 0 saturated carbocycles. The van der Waals surface area contributed by atoms with Crippen molar-refractivity contribution in [2.45, 2.75) is 6.18 Å². The molecule has 112 valence electrons. The monoisotopic (exact) mass is 305 g/mol. The van der Waals surface area contributed by atoms with Gasteiger partial charge in [-0.05, 0) is 42.5 Å². The van der Waals surface area contributed by atoms with E-state index >= 15 is 0 Å². The topological polar surface area (TPSA) is 50.9 Å². The van der Waals surface area contributed by atoms with Crippen molar-refractivity contribution in [3.63, 3.8) is 0 Å². The SMILES string of the molecule is Oc1ccc(-c2cn(-c3cccc(C(F)(F)F)c3)nn2)cc1. The Kier molecular flexibility index (Phi) is 3.32. The first-order chi connectivity index (χ1) is 10.4. The van der Waals surface area contributed by atoms with Gasteiger partial charge in [0, 0.05) is 5.56 Å². The number of hydrogen-bond acceptors (Lipinski definition) is 3. The van der Waals surface area contributed by atoms with Gasteiger partial charge in [-0.3, -0.25) is 0 Å². The van der Waals surface area contributed by atoms with E-state index in [9.17, 15) is 18.3 Å². The molecular weight excluding hydrogens is 295 g/mol. The third kappa shape index (κ3) is 2.78. The van der Waals surface area contributed by atoms with E-state index in [4.69, 9.17) is 0 Å². The Bertz CT molecular complexity index is 794. The zero-order valence-corrected chi connectivity index (χ0v) is 11.1. The van der Waals surface area contributed by atoms with E-state index in [0.717, 1.165) is 12.1 Å². The van der Waals surface area contributed by atoms with Crippen LogP contribution in [0.25, 0.3) is 16.9 Å². The number of rotatable bonds is 2. The number of nitrogens with zero attached hydrogens (tertiary/aromatic N) is 3. The summed E-state index contributed by atoms with van der Waals surface area (Å²) < 4.78 is 39.4. The number of benzene rings is 2. The molecular formula is C15H10F3N3O. The Morgan fingerprint density at radius 2 is 1.73 bits per heavy atom. The number of aromatic hydroxyl groups is 1.